The fraction of sp³-hybridized carbons (Fsp3) is 0.154. The van der Waals surface area contributed by atoms with E-state index in [0.717, 1.165) is 18.2 Å². The molecule has 1 N–H and O–H groups in total. The van der Waals surface area contributed by atoms with Crippen LogP contribution >= 0.6 is 0 Å². The summed E-state index contributed by atoms with van der Waals surface area (Å²) in [4.78, 5) is 2.93. The molecular weight excluding hydrogens is 305 g/mol. The first-order valence-electron chi connectivity index (χ1n) is 5.81. The van der Waals surface area contributed by atoms with Gasteiger partial charge in [-0.25, -0.2) is 8.42 Å². The lowest BCUT2D eigenvalue weighted by molar-refractivity contribution is -0.139. The van der Waals surface area contributed by atoms with Gasteiger partial charge in [0, 0.05) is 6.20 Å². The molecule has 21 heavy (non-hydrogen) atoms. The molecule has 0 aliphatic rings. The molecule has 4 nitrogen and oxygen atoms in total. The second-order valence-corrected chi connectivity index (χ2v) is 5.94. The van der Waals surface area contributed by atoms with Gasteiger partial charge in [0.1, 0.15) is 0 Å². The van der Waals surface area contributed by atoms with Gasteiger partial charge in [0.25, 0.3) is 10.0 Å². The Balaban J connectivity index is 2.49. The molecule has 0 fully saturated rings. The van der Waals surface area contributed by atoms with Crippen molar-refractivity contribution in [2.75, 3.05) is 4.72 Å². The van der Waals surface area contributed by atoms with Gasteiger partial charge in [0.2, 0.25) is 0 Å². The number of nitrogens with zero attached hydrogens (tertiary/aromatic N) is 1. The molecule has 8 heteroatoms. The molecule has 0 saturated carbocycles. The van der Waals surface area contributed by atoms with Gasteiger partial charge in [-0.3, -0.25) is 9.71 Å². The molecule has 0 saturated heterocycles. The predicted octanol–water partition coefficient (Wildman–Crippen LogP) is 3.21. The van der Waals surface area contributed by atoms with E-state index in [2.05, 4.69) is 9.71 Å². The number of aryl methyl sites for hydroxylation is 1. The van der Waals surface area contributed by atoms with Gasteiger partial charge < -0.3 is 0 Å². The fourth-order valence-electron chi connectivity index (χ4n) is 1.71. The molecule has 112 valence electrons. The zero-order chi connectivity index (χ0) is 15.7. The maximum atomic E-state index is 12.9. The number of aromatic nitrogens is 1. The molecule has 0 unspecified atom stereocenters. The lowest BCUT2D eigenvalue weighted by Gasteiger charge is -2.14. The summed E-state index contributed by atoms with van der Waals surface area (Å²) in [5.74, 6) is 0. The third-order valence-electron chi connectivity index (χ3n) is 2.77. The summed E-state index contributed by atoms with van der Waals surface area (Å²) in [5.41, 5.74) is -0.522. The number of anilines is 1. The fourth-order valence-corrected chi connectivity index (χ4v) is 3.05. The Kier molecular flexibility index (Phi) is 3.91. The van der Waals surface area contributed by atoms with Gasteiger partial charge in [-0.05, 0) is 30.7 Å². The number of alkyl halides is 3. The number of pyridine rings is 1. The van der Waals surface area contributed by atoms with E-state index >= 15 is 0 Å². The number of hydrogen-bond acceptors (Lipinski definition) is 3. The largest absolute Gasteiger partial charge is 0.417 e. The maximum Gasteiger partial charge on any atom is 0.417 e. The molecule has 2 aromatic rings. The minimum atomic E-state index is -4.75. The number of halogens is 3. The van der Waals surface area contributed by atoms with Crippen LogP contribution in [0.2, 0.25) is 0 Å². The van der Waals surface area contributed by atoms with Crippen LogP contribution in [0.25, 0.3) is 0 Å². The van der Waals surface area contributed by atoms with Gasteiger partial charge in [-0.15, -0.1) is 0 Å². The zero-order valence-electron chi connectivity index (χ0n) is 10.8. The lowest BCUT2D eigenvalue weighted by Crippen LogP contribution is -2.19. The summed E-state index contributed by atoms with van der Waals surface area (Å²) >= 11 is 0. The van der Waals surface area contributed by atoms with Gasteiger partial charge in [-0.2, -0.15) is 13.2 Å². The van der Waals surface area contributed by atoms with Crippen LogP contribution < -0.4 is 4.72 Å². The monoisotopic (exact) mass is 316 g/mol. The number of rotatable bonds is 3. The van der Waals surface area contributed by atoms with Crippen molar-refractivity contribution in [3.05, 3.63) is 53.9 Å². The molecule has 0 bridgehead atoms. The molecule has 1 aromatic heterocycles. The summed E-state index contributed by atoms with van der Waals surface area (Å²) < 4.78 is 65.2. The molecule has 0 radical (unpaired) electrons. The summed E-state index contributed by atoms with van der Waals surface area (Å²) in [6.07, 6.45) is -2.06. The SMILES string of the molecule is Cc1ccncc1NS(=O)(=O)c1ccccc1C(F)(F)F. The van der Waals surface area contributed by atoms with Crippen molar-refractivity contribution in [3.8, 4) is 0 Å². The maximum absolute atomic E-state index is 12.9. The number of sulfonamides is 1. The Morgan fingerprint density at radius 2 is 1.81 bits per heavy atom. The van der Waals surface area contributed by atoms with E-state index in [9.17, 15) is 21.6 Å². The smallest absolute Gasteiger partial charge is 0.278 e. The zero-order valence-corrected chi connectivity index (χ0v) is 11.7. The Hall–Kier alpha value is -2.09. The highest BCUT2D eigenvalue weighted by molar-refractivity contribution is 7.92. The topological polar surface area (TPSA) is 59.1 Å². The van der Waals surface area contributed by atoms with Crippen LogP contribution in [0.1, 0.15) is 11.1 Å². The summed E-state index contributed by atoms with van der Waals surface area (Å²) in [7, 11) is -4.36. The Labute approximate surface area is 119 Å². The van der Waals surface area contributed by atoms with Gasteiger partial charge in [0.05, 0.1) is 22.3 Å². The van der Waals surface area contributed by atoms with Crippen molar-refractivity contribution < 1.29 is 21.6 Å². The van der Waals surface area contributed by atoms with Crippen molar-refractivity contribution in [3.63, 3.8) is 0 Å². The predicted molar refractivity (Wildman–Crippen MR) is 71.2 cm³/mol. The standard InChI is InChI=1S/C13H11F3N2O2S/c1-9-6-7-17-8-11(9)18-21(19,20)12-5-3-2-4-10(12)13(14,15)16/h2-8,18H,1H3. The van der Waals surface area contributed by atoms with Crippen LogP contribution in [0, 0.1) is 6.92 Å². The third-order valence-corrected chi connectivity index (χ3v) is 4.19. The van der Waals surface area contributed by atoms with Crippen LogP contribution in [0.5, 0.6) is 0 Å². The van der Waals surface area contributed by atoms with Crippen molar-refractivity contribution in [2.24, 2.45) is 0 Å². The van der Waals surface area contributed by atoms with E-state index in [4.69, 9.17) is 0 Å². The molecule has 0 aliphatic heterocycles. The van der Waals surface area contributed by atoms with E-state index in [1.165, 1.54) is 18.5 Å². The van der Waals surface area contributed by atoms with Crippen molar-refractivity contribution in [2.45, 2.75) is 18.0 Å². The highest BCUT2D eigenvalue weighted by Crippen LogP contribution is 2.34. The molecule has 0 aliphatic carbocycles. The van der Waals surface area contributed by atoms with E-state index in [1.807, 2.05) is 0 Å². The second kappa shape index (κ2) is 5.36. The normalized spacial score (nSPS) is 12.2. The molecule has 0 amide bonds. The van der Waals surface area contributed by atoms with Crippen LogP contribution in [0.4, 0.5) is 18.9 Å². The summed E-state index contributed by atoms with van der Waals surface area (Å²) in [6.45, 7) is 1.62. The van der Waals surface area contributed by atoms with Gasteiger partial charge in [0.15, 0.2) is 0 Å². The average molecular weight is 316 g/mol. The quantitative estimate of drug-likeness (QED) is 0.946. The Morgan fingerprint density at radius 3 is 2.43 bits per heavy atom. The molecule has 1 heterocycles. The van der Waals surface area contributed by atoms with Crippen molar-refractivity contribution >= 4 is 15.7 Å². The van der Waals surface area contributed by atoms with E-state index in [0.29, 0.717) is 5.56 Å². The van der Waals surface area contributed by atoms with Crippen LogP contribution in [-0.2, 0) is 16.2 Å². The molecule has 1 aromatic carbocycles. The molecule has 2 rings (SSSR count). The van der Waals surface area contributed by atoms with E-state index in [1.54, 1.807) is 13.0 Å². The first-order valence-corrected chi connectivity index (χ1v) is 7.30. The minimum Gasteiger partial charge on any atom is -0.278 e. The van der Waals surface area contributed by atoms with Crippen LogP contribution in [-0.4, -0.2) is 13.4 Å². The second-order valence-electron chi connectivity index (χ2n) is 4.29. The number of benzene rings is 1. The van der Waals surface area contributed by atoms with E-state index in [-0.39, 0.29) is 5.69 Å². The van der Waals surface area contributed by atoms with Crippen LogP contribution in [0.3, 0.4) is 0 Å². The molecular formula is C13H11F3N2O2S. The number of nitrogens with one attached hydrogen (secondary N) is 1. The number of hydrogen-bond donors (Lipinski definition) is 1. The summed E-state index contributed by atoms with van der Waals surface area (Å²) in [5, 5.41) is 0. The molecule has 0 spiro atoms. The lowest BCUT2D eigenvalue weighted by atomic mass is 10.2. The highest BCUT2D eigenvalue weighted by Gasteiger charge is 2.36. The van der Waals surface area contributed by atoms with E-state index < -0.39 is 26.7 Å². The average Bonchev–Trinajstić information content (AvgIpc) is 2.40. The Bertz CT molecular complexity index is 758. The Morgan fingerprint density at radius 1 is 1.14 bits per heavy atom. The third kappa shape index (κ3) is 3.33. The van der Waals surface area contributed by atoms with Gasteiger partial charge in [-0.1, -0.05) is 12.1 Å². The first kappa shape index (κ1) is 15.3. The van der Waals surface area contributed by atoms with Gasteiger partial charge >= 0.3 is 6.18 Å². The highest BCUT2D eigenvalue weighted by atomic mass is 32.2. The van der Waals surface area contributed by atoms with Crippen LogP contribution in [0.15, 0.2) is 47.6 Å². The van der Waals surface area contributed by atoms with Crippen molar-refractivity contribution in [1.82, 2.24) is 4.98 Å². The summed E-state index contributed by atoms with van der Waals surface area (Å²) in [6, 6.07) is 5.56. The molecule has 0 atom stereocenters. The van der Waals surface area contributed by atoms with Crippen molar-refractivity contribution in [1.29, 1.82) is 0 Å². The first-order chi connectivity index (χ1) is 9.72. The minimum absolute atomic E-state index is 0.134.